The van der Waals surface area contributed by atoms with Gasteiger partial charge in [-0.05, 0) is 6.07 Å². The summed E-state index contributed by atoms with van der Waals surface area (Å²) in [5, 5.41) is 33.0. The molecule has 0 saturated carbocycles. The van der Waals surface area contributed by atoms with Gasteiger partial charge in [-0.1, -0.05) is 4.94 Å². The average Bonchev–Trinajstić information content (AvgIpc) is 2.53. The van der Waals surface area contributed by atoms with E-state index in [0.29, 0.717) is 0 Å². The second kappa shape index (κ2) is 3.28. The fourth-order valence-electron chi connectivity index (χ4n) is 1.39. The SMILES string of the molecule is COc1ccc2c(c1[N+](=O)[O-])NO[N+]2([O-])[O-]. The first-order valence-electron chi connectivity index (χ1n) is 4.09. The van der Waals surface area contributed by atoms with Crippen LogP contribution in [0.5, 0.6) is 5.75 Å². The van der Waals surface area contributed by atoms with Crippen molar-refractivity contribution in [1.82, 2.24) is 4.97 Å². The number of hydrogen-bond donors (Lipinski definition) is 1. The van der Waals surface area contributed by atoms with Gasteiger partial charge in [0.2, 0.25) is 11.4 Å². The Kier molecular flexibility index (Phi) is 2.17. The molecule has 1 N–H and O–H groups in total. The summed E-state index contributed by atoms with van der Waals surface area (Å²) in [5.41, 5.74) is 0.726. The molecule has 0 amide bonds. The summed E-state index contributed by atoms with van der Waals surface area (Å²) in [6, 6.07) is 2.28. The maximum absolute atomic E-state index is 11.1. The smallest absolute Gasteiger partial charge is 0.342 e. The van der Waals surface area contributed by atoms with Gasteiger partial charge in [-0.2, -0.15) is 10.5 Å². The summed E-state index contributed by atoms with van der Waals surface area (Å²) < 4.78 is 4.75. The highest BCUT2D eigenvalue weighted by Crippen LogP contribution is 2.47. The Labute approximate surface area is 88.6 Å². The molecule has 16 heavy (non-hydrogen) atoms. The normalized spacial score (nSPS) is 16.4. The van der Waals surface area contributed by atoms with Crippen LogP contribution in [0, 0.1) is 20.5 Å². The third-order valence-corrected chi connectivity index (χ3v) is 2.08. The van der Waals surface area contributed by atoms with Crippen LogP contribution in [0.2, 0.25) is 0 Å². The number of nitro benzene ring substituents is 1. The minimum absolute atomic E-state index is 0.0678. The molecule has 0 aliphatic carbocycles. The first-order valence-corrected chi connectivity index (χ1v) is 4.09. The zero-order valence-corrected chi connectivity index (χ0v) is 8.00. The van der Waals surface area contributed by atoms with Crippen LogP contribution >= 0.6 is 0 Å². The average molecular weight is 228 g/mol. The predicted octanol–water partition coefficient (Wildman–Crippen LogP) is 1.18. The van der Waals surface area contributed by atoms with Gasteiger partial charge >= 0.3 is 5.69 Å². The van der Waals surface area contributed by atoms with E-state index in [4.69, 9.17) is 4.74 Å². The van der Waals surface area contributed by atoms with Gasteiger partial charge in [0.05, 0.1) is 12.0 Å². The van der Waals surface area contributed by atoms with Gasteiger partial charge in [0.1, 0.15) is 0 Å². The number of methoxy groups -OCH3 is 1. The third kappa shape index (κ3) is 1.35. The van der Waals surface area contributed by atoms with Gasteiger partial charge < -0.3 is 15.2 Å². The van der Waals surface area contributed by atoms with Crippen LogP contribution in [0.25, 0.3) is 0 Å². The van der Waals surface area contributed by atoms with Crippen molar-refractivity contribution in [2.24, 2.45) is 0 Å². The molecule has 0 atom stereocenters. The molecule has 86 valence electrons. The molecule has 1 aromatic carbocycles. The Balaban J connectivity index is 2.67. The van der Waals surface area contributed by atoms with Crippen molar-refractivity contribution in [3.8, 4) is 5.75 Å². The van der Waals surface area contributed by atoms with Crippen LogP contribution in [0.4, 0.5) is 17.1 Å². The molecule has 2 rings (SSSR count). The summed E-state index contributed by atoms with van der Waals surface area (Å²) in [7, 11) is 1.24. The molecule has 0 spiro atoms. The Morgan fingerprint density at radius 1 is 1.50 bits per heavy atom. The Hall–Kier alpha value is -1.94. The fourth-order valence-corrected chi connectivity index (χ4v) is 1.39. The molecule has 0 unspecified atom stereocenters. The summed E-state index contributed by atoms with van der Waals surface area (Å²) in [6.45, 7) is 0. The van der Waals surface area contributed by atoms with E-state index in [0.717, 1.165) is 12.1 Å². The monoisotopic (exact) mass is 228 g/mol. The first-order chi connectivity index (χ1) is 7.47. The summed E-state index contributed by atoms with van der Waals surface area (Å²) in [4.78, 5) is 11.7. The zero-order valence-electron chi connectivity index (χ0n) is 8.00. The maximum atomic E-state index is 11.1. The van der Waals surface area contributed by atoms with Crippen molar-refractivity contribution in [3.05, 3.63) is 32.7 Å². The van der Waals surface area contributed by atoms with Crippen molar-refractivity contribution in [2.75, 3.05) is 12.6 Å². The Bertz CT molecular complexity index is 460. The molecular weight excluding hydrogens is 222 g/mol. The largest absolute Gasteiger partial charge is 0.590 e. The molecule has 0 bridgehead atoms. The number of hydrogen-bond acceptors (Lipinski definition) is 7. The quantitative estimate of drug-likeness (QED) is 0.349. The van der Waals surface area contributed by atoms with Crippen LogP contribution in [-0.2, 0) is 4.94 Å². The minimum atomic E-state index is -2.42. The molecule has 0 saturated heterocycles. The van der Waals surface area contributed by atoms with E-state index in [1.807, 2.05) is 5.48 Å². The molecule has 0 fully saturated rings. The number of ether oxygens (including phenoxy) is 1. The summed E-state index contributed by atoms with van der Waals surface area (Å²) in [5.74, 6) is -0.0678. The van der Waals surface area contributed by atoms with E-state index in [9.17, 15) is 20.5 Å². The Morgan fingerprint density at radius 2 is 2.19 bits per heavy atom. The lowest BCUT2D eigenvalue weighted by Crippen LogP contribution is -2.32. The van der Waals surface area contributed by atoms with Crippen LogP contribution in [0.1, 0.15) is 0 Å². The second-order valence-corrected chi connectivity index (χ2v) is 2.96. The van der Waals surface area contributed by atoms with Gasteiger partial charge in [-0.25, -0.2) is 0 Å². The van der Waals surface area contributed by atoms with Crippen molar-refractivity contribution in [3.63, 3.8) is 0 Å². The van der Waals surface area contributed by atoms with Crippen molar-refractivity contribution >= 4 is 17.1 Å². The molecule has 1 heterocycles. The molecular formula is C7H6N3O6-. The van der Waals surface area contributed by atoms with E-state index < -0.39 is 21.3 Å². The number of nitrogens with one attached hydrogen (secondary N) is 1. The molecule has 1 aliphatic rings. The summed E-state index contributed by atoms with van der Waals surface area (Å²) >= 11 is 0. The van der Waals surface area contributed by atoms with Crippen LogP contribution in [0.15, 0.2) is 12.1 Å². The van der Waals surface area contributed by atoms with Crippen LogP contribution in [0.3, 0.4) is 0 Å². The molecule has 0 radical (unpaired) electrons. The fraction of sp³-hybridized carbons (Fsp3) is 0.143. The van der Waals surface area contributed by atoms with E-state index in [1.165, 1.54) is 7.11 Å². The third-order valence-electron chi connectivity index (χ3n) is 2.08. The van der Waals surface area contributed by atoms with Gasteiger partial charge in [-0.15, -0.1) is 0 Å². The highest BCUT2D eigenvalue weighted by atomic mass is 17.2. The maximum Gasteiger partial charge on any atom is 0.342 e. The lowest BCUT2D eigenvalue weighted by molar-refractivity contribution is -0.384. The first kappa shape index (κ1) is 10.6. The van der Waals surface area contributed by atoms with Crippen LogP contribution in [-0.4, -0.2) is 12.0 Å². The summed E-state index contributed by atoms with van der Waals surface area (Å²) in [6.07, 6.45) is 0. The van der Waals surface area contributed by atoms with E-state index >= 15 is 0 Å². The number of rotatable bonds is 2. The lowest BCUT2D eigenvalue weighted by Gasteiger charge is -2.34. The van der Waals surface area contributed by atoms with E-state index in [-0.39, 0.29) is 11.4 Å². The molecule has 9 nitrogen and oxygen atoms in total. The number of fused-ring (bicyclic) bond motifs is 1. The molecule has 0 aromatic heterocycles. The molecule has 1 aromatic rings. The zero-order chi connectivity index (χ0) is 11.9. The topological polar surface area (TPSA) is 120 Å². The van der Waals surface area contributed by atoms with Gasteiger partial charge in [0, 0.05) is 6.07 Å². The number of nitro groups is 1. The van der Waals surface area contributed by atoms with Crippen molar-refractivity contribution < 1.29 is 14.6 Å². The molecule has 1 aliphatic heterocycles. The second-order valence-electron chi connectivity index (χ2n) is 2.96. The van der Waals surface area contributed by atoms with Crippen LogP contribution < -0.4 is 15.2 Å². The minimum Gasteiger partial charge on any atom is -0.590 e. The number of quaternary nitrogens is 1. The van der Waals surface area contributed by atoms with Gasteiger partial charge in [0.15, 0.2) is 5.75 Å². The molecule has 9 heteroatoms. The van der Waals surface area contributed by atoms with Crippen molar-refractivity contribution in [2.45, 2.75) is 0 Å². The highest BCUT2D eigenvalue weighted by Gasteiger charge is 2.36. The number of nitrogens with zero attached hydrogens (tertiary/aromatic N) is 2. The van der Waals surface area contributed by atoms with Gasteiger partial charge in [-0.3, -0.25) is 10.1 Å². The van der Waals surface area contributed by atoms with E-state index in [1.54, 1.807) is 0 Å². The Morgan fingerprint density at radius 3 is 2.75 bits per heavy atom. The standard InChI is InChI=1S/C7H6N3O6/c1-15-5-3-2-4-6(7(5)9(11)12)8-16-10(4,13)14/h2-3,8H,1H3/q-1. The lowest BCUT2D eigenvalue weighted by atomic mass is 10.2. The number of benzene rings is 1. The highest BCUT2D eigenvalue weighted by molar-refractivity contribution is 5.82. The number of anilines is 1. The predicted molar refractivity (Wildman–Crippen MR) is 52.9 cm³/mol. The van der Waals surface area contributed by atoms with Gasteiger partial charge in [0.25, 0.3) is 0 Å². The van der Waals surface area contributed by atoms with Crippen molar-refractivity contribution in [1.29, 1.82) is 0 Å². The van der Waals surface area contributed by atoms with E-state index in [2.05, 4.69) is 4.94 Å².